The first-order valence-electron chi connectivity index (χ1n) is 6.25. The fraction of sp³-hybridized carbons (Fsp3) is 0.133. The maximum Gasteiger partial charge on any atom is 0.137 e. The van der Waals surface area contributed by atoms with Gasteiger partial charge in [-0.15, -0.1) is 11.6 Å². The number of rotatable bonds is 2. The molecular formula is C15H10BrCl2FN2. The number of nitrogens with zero attached hydrogens (tertiary/aromatic N) is 2. The van der Waals surface area contributed by atoms with E-state index in [-0.39, 0.29) is 11.2 Å². The average Bonchev–Trinajstić information content (AvgIpc) is 2.83. The highest BCUT2D eigenvalue weighted by Gasteiger charge is 2.18. The summed E-state index contributed by atoms with van der Waals surface area (Å²) in [5, 5.41) is 0.265. The Labute approximate surface area is 139 Å². The predicted molar refractivity (Wildman–Crippen MR) is 88.0 cm³/mol. The van der Waals surface area contributed by atoms with Crippen LogP contribution in [0.25, 0.3) is 16.7 Å². The van der Waals surface area contributed by atoms with Gasteiger partial charge in [-0.05, 0) is 53.2 Å². The van der Waals surface area contributed by atoms with Crippen LogP contribution < -0.4 is 0 Å². The zero-order chi connectivity index (χ0) is 15.1. The zero-order valence-corrected chi connectivity index (χ0v) is 14.0. The van der Waals surface area contributed by atoms with Crippen LogP contribution in [0.1, 0.15) is 18.1 Å². The van der Waals surface area contributed by atoms with E-state index in [1.807, 2.05) is 23.6 Å². The van der Waals surface area contributed by atoms with Crippen LogP contribution in [0.15, 0.2) is 40.9 Å². The lowest BCUT2D eigenvalue weighted by atomic mass is 10.2. The van der Waals surface area contributed by atoms with Gasteiger partial charge in [-0.3, -0.25) is 4.57 Å². The average molecular weight is 388 g/mol. The van der Waals surface area contributed by atoms with Crippen LogP contribution in [0.4, 0.5) is 4.39 Å². The van der Waals surface area contributed by atoms with E-state index in [2.05, 4.69) is 20.9 Å². The zero-order valence-electron chi connectivity index (χ0n) is 10.9. The van der Waals surface area contributed by atoms with Crippen molar-refractivity contribution in [3.63, 3.8) is 0 Å². The summed E-state index contributed by atoms with van der Waals surface area (Å²) in [6.07, 6.45) is 0. The molecule has 1 atom stereocenters. The van der Waals surface area contributed by atoms with Crippen molar-refractivity contribution < 1.29 is 4.39 Å². The summed E-state index contributed by atoms with van der Waals surface area (Å²) in [6, 6.07) is 10.3. The fourth-order valence-electron chi connectivity index (χ4n) is 2.26. The van der Waals surface area contributed by atoms with Crippen LogP contribution in [-0.4, -0.2) is 9.55 Å². The Bertz CT molecular complexity index is 830. The minimum absolute atomic E-state index is 0.308. The van der Waals surface area contributed by atoms with Crippen LogP contribution >= 0.6 is 39.1 Å². The second-order valence-electron chi connectivity index (χ2n) is 4.63. The number of alkyl halides is 1. The lowest BCUT2D eigenvalue weighted by Gasteiger charge is -2.12. The summed E-state index contributed by atoms with van der Waals surface area (Å²) in [6.45, 7) is 1.84. The standard InChI is InChI=1S/C15H10BrCl2FN2/c1-8(17)15-20-13-4-2-3-11(18)14(13)21(15)9-5-6-12(19)10(16)7-9/h2-8H,1H3. The van der Waals surface area contributed by atoms with Crippen molar-refractivity contribution >= 4 is 50.2 Å². The summed E-state index contributed by atoms with van der Waals surface area (Å²) in [5.41, 5.74) is 2.27. The van der Waals surface area contributed by atoms with E-state index in [4.69, 9.17) is 23.2 Å². The molecule has 1 unspecified atom stereocenters. The minimum Gasteiger partial charge on any atom is -0.294 e. The Morgan fingerprint density at radius 3 is 2.71 bits per heavy atom. The summed E-state index contributed by atoms with van der Waals surface area (Å²) in [4.78, 5) is 4.54. The number of hydrogen-bond donors (Lipinski definition) is 0. The van der Waals surface area contributed by atoms with Crippen LogP contribution in [0.5, 0.6) is 0 Å². The number of para-hydroxylation sites is 1. The number of hydrogen-bond acceptors (Lipinski definition) is 1. The first-order chi connectivity index (χ1) is 9.99. The van der Waals surface area contributed by atoms with Crippen LogP contribution in [-0.2, 0) is 0 Å². The van der Waals surface area contributed by atoms with E-state index >= 15 is 0 Å². The van der Waals surface area contributed by atoms with Gasteiger partial charge in [0.25, 0.3) is 0 Å². The van der Waals surface area contributed by atoms with Gasteiger partial charge in [0.1, 0.15) is 11.6 Å². The number of benzene rings is 2. The van der Waals surface area contributed by atoms with Gasteiger partial charge >= 0.3 is 0 Å². The van der Waals surface area contributed by atoms with Crippen molar-refractivity contribution in [1.82, 2.24) is 9.55 Å². The highest BCUT2D eigenvalue weighted by Crippen LogP contribution is 2.33. The normalized spacial score (nSPS) is 12.8. The van der Waals surface area contributed by atoms with E-state index in [1.54, 1.807) is 18.2 Å². The second-order valence-corrected chi connectivity index (χ2v) is 6.54. The molecule has 0 saturated carbocycles. The van der Waals surface area contributed by atoms with Gasteiger partial charge in [0.2, 0.25) is 0 Å². The number of imidazole rings is 1. The number of fused-ring (bicyclic) bond motifs is 1. The molecule has 3 rings (SSSR count). The van der Waals surface area contributed by atoms with E-state index in [1.165, 1.54) is 6.07 Å². The summed E-state index contributed by atoms with van der Waals surface area (Å²) in [5.74, 6) is 0.341. The van der Waals surface area contributed by atoms with E-state index < -0.39 is 0 Å². The van der Waals surface area contributed by atoms with E-state index in [9.17, 15) is 4.39 Å². The molecule has 0 amide bonds. The SMILES string of the molecule is CC(Cl)c1nc2cccc(Cl)c2n1-c1ccc(F)c(Br)c1. The molecule has 0 bridgehead atoms. The Morgan fingerprint density at radius 1 is 1.29 bits per heavy atom. The monoisotopic (exact) mass is 386 g/mol. The molecule has 1 aromatic heterocycles. The van der Waals surface area contributed by atoms with Crippen molar-refractivity contribution in [2.75, 3.05) is 0 Å². The molecular weight excluding hydrogens is 378 g/mol. The molecule has 0 spiro atoms. The molecule has 0 fully saturated rings. The first kappa shape index (κ1) is 14.8. The molecule has 0 aliphatic heterocycles. The predicted octanol–water partition coefficient (Wildman–Crippen LogP) is 5.88. The van der Waals surface area contributed by atoms with E-state index in [0.717, 1.165) is 16.7 Å². The molecule has 0 saturated heterocycles. The van der Waals surface area contributed by atoms with Crippen LogP contribution in [0, 0.1) is 5.82 Å². The Hall–Kier alpha value is -1.10. The lowest BCUT2D eigenvalue weighted by Crippen LogP contribution is -2.02. The van der Waals surface area contributed by atoms with Crippen molar-refractivity contribution in [1.29, 1.82) is 0 Å². The number of halogens is 4. The molecule has 108 valence electrons. The first-order valence-corrected chi connectivity index (χ1v) is 7.86. The van der Waals surface area contributed by atoms with Gasteiger partial charge in [-0.2, -0.15) is 0 Å². The highest BCUT2D eigenvalue weighted by atomic mass is 79.9. The van der Waals surface area contributed by atoms with Crippen molar-refractivity contribution in [3.8, 4) is 5.69 Å². The Kier molecular flexibility index (Phi) is 3.95. The van der Waals surface area contributed by atoms with Gasteiger partial charge in [0, 0.05) is 5.69 Å². The molecule has 0 aliphatic carbocycles. The van der Waals surface area contributed by atoms with Crippen molar-refractivity contribution in [2.24, 2.45) is 0 Å². The molecule has 21 heavy (non-hydrogen) atoms. The maximum atomic E-state index is 13.5. The Balaban J connectivity index is 2.38. The van der Waals surface area contributed by atoms with Gasteiger partial charge in [0.15, 0.2) is 0 Å². The van der Waals surface area contributed by atoms with Crippen molar-refractivity contribution in [3.05, 3.63) is 57.5 Å². The Morgan fingerprint density at radius 2 is 2.05 bits per heavy atom. The largest absolute Gasteiger partial charge is 0.294 e. The smallest absolute Gasteiger partial charge is 0.137 e. The summed E-state index contributed by atoms with van der Waals surface area (Å²) >= 11 is 15.8. The van der Waals surface area contributed by atoms with Gasteiger partial charge < -0.3 is 0 Å². The van der Waals surface area contributed by atoms with Crippen LogP contribution in [0.3, 0.4) is 0 Å². The topological polar surface area (TPSA) is 17.8 Å². The second kappa shape index (κ2) is 5.59. The molecule has 3 aromatic rings. The minimum atomic E-state index is -0.324. The van der Waals surface area contributed by atoms with Gasteiger partial charge in [-0.25, -0.2) is 9.37 Å². The maximum absolute atomic E-state index is 13.5. The fourth-order valence-corrected chi connectivity index (χ4v) is 3.02. The summed E-state index contributed by atoms with van der Waals surface area (Å²) in [7, 11) is 0. The third-order valence-electron chi connectivity index (χ3n) is 3.17. The van der Waals surface area contributed by atoms with Gasteiger partial charge in [0.05, 0.1) is 25.9 Å². The molecule has 1 heterocycles. The third kappa shape index (κ3) is 2.56. The van der Waals surface area contributed by atoms with E-state index in [0.29, 0.717) is 15.3 Å². The van der Waals surface area contributed by atoms with Crippen LogP contribution in [0.2, 0.25) is 5.02 Å². The molecule has 6 heteroatoms. The molecule has 0 aliphatic rings. The molecule has 0 N–H and O–H groups in total. The molecule has 2 nitrogen and oxygen atoms in total. The van der Waals surface area contributed by atoms with Gasteiger partial charge in [-0.1, -0.05) is 17.7 Å². The molecule has 0 radical (unpaired) electrons. The quantitative estimate of drug-likeness (QED) is 0.502. The highest BCUT2D eigenvalue weighted by molar-refractivity contribution is 9.10. The summed E-state index contributed by atoms with van der Waals surface area (Å²) < 4.78 is 15.7. The number of aromatic nitrogens is 2. The molecule has 2 aromatic carbocycles. The third-order valence-corrected chi connectivity index (χ3v) is 4.28. The van der Waals surface area contributed by atoms with Crippen molar-refractivity contribution in [2.45, 2.75) is 12.3 Å². The lowest BCUT2D eigenvalue weighted by molar-refractivity contribution is 0.620.